The molecule has 26 heavy (non-hydrogen) atoms. The first kappa shape index (κ1) is 19.8. The normalized spacial score (nSPS) is 11.5. The summed E-state index contributed by atoms with van der Waals surface area (Å²) < 4.78 is 10.5. The summed E-state index contributed by atoms with van der Waals surface area (Å²) in [5, 5.41) is 2.72. The SMILES string of the molecule is CCOc1ccc(NC(=O)C(C)OC(=O)CCSc2ccccc2)cc1. The number of thioether (sulfide) groups is 1. The molecule has 6 heteroatoms. The molecule has 2 aromatic rings. The Bertz CT molecular complexity index is 704. The van der Waals surface area contributed by atoms with E-state index in [2.05, 4.69) is 5.32 Å². The molecule has 0 bridgehead atoms. The second kappa shape index (κ2) is 10.5. The van der Waals surface area contributed by atoms with Gasteiger partial charge in [-0.25, -0.2) is 0 Å². The van der Waals surface area contributed by atoms with Crippen LogP contribution in [0, 0.1) is 0 Å². The van der Waals surface area contributed by atoms with Gasteiger partial charge in [0.05, 0.1) is 13.0 Å². The van der Waals surface area contributed by atoms with Gasteiger partial charge in [0.25, 0.3) is 5.91 Å². The summed E-state index contributed by atoms with van der Waals surface area (Å²) in [6.07, 6.45) is -0.601. The number of esters is 1. The van der Waals surface area contributed by atoms with Gasteiger partial charge in [-0.1, -0.05) is 18.2 Å². The minimum atomic E-state index is -0.851. The van der Waals surface area contributed by atoms with Gasteiger partial charge in [-0.3, -0.25) is 9.59 Å². The summed E-state index contributed by atoms with van der Waals surface area (Å²) in [5.41, 5.74) is 0.626. The molecule has 2 rings (SSSR count). The minimum absolute atomic E-state index is 0.250. The van der Waals surface area contributed by atoms with Crippen LogP contribution in [0.25, 0.3) is 0 Å². The molecule has 1 N–H and O–H groups in total. The van der Waals surface area contributed by atoms with Crippen molar-refractivity contribution >= 4 is 29.3 Å². The molecule has 1 amide bonds. The fraction of sp³-hybridized carbons (Fsp3) is 0.300. The lowest BCUT2D eigenvalue weighted by Crippen LogP contribution is -2.30. The number of benzene rings is 2. The van der Waals surface area contributed by atoms with Gasteiger partial charge in [0, 0.05) is 16.3 Å². The van der Waals surface area contributed by atoms with Gasteiger partial charge in [0.1, 0.15) is 5.75 Å². The highest BCUT2D eigenvalue weighted by Crippen LogP contribution is 2.18. The first-order valence-electron chi connectivity index (χ1n) is 8.49. The Balaban J connectivity index is 1.72. The number of ether oxygens (including phenoxy) is 2. The minimum Gasteiger partial charge on any atom is -0.494 e. The third kappa shape index (κ3) is 6.80. The molecule has 0 fully saturated rings. The van der Waals surface area contributed by atoms with E-state index in [1.54, 1.807) is 43.0 Å². The Kier molecular flexibility index (Phi) is 8.02. The van der Waals surface area contributed by atoms with Crippen molar-refractivity contribution < 1.29 is 19.1 Å². The van der Waals surface area contributed by atoms with Crippen LogP contribution < -0.4 is 10.1 Å². The lowest BCUT2D eigenvalue weighted by atomic mass is 10.3. The lowest BCUT2D eigenvalue weighted by molar-refractivity contribution is -0.152. The van der Waals surface area contributed by atoms with Crippen LogP contribution in [-0.2, 0) is 14.3 Å². The van der Waals surface area contributed by atoms with Crippen LogP contribution in [0.2, 0.25) is 0 Å². The van der Waals surface area contributed by atoms with Gasteiger partial charge in [-0.15, -0.1) is 11.8 Å². The predicted octanol–water partition coefficient (Wildman–Crippen LogP) is 4.14. The fourth-order valence-electron chi connectivity index (χ4n) is 2.12. The van der Waals surface area contributed by atoms with Gasteiger partial charge in [0.2, 0.25) is 0 Å². The van der Waals surface area contributed by atoms with Crippen molar-refractivity contribution in [3.05, 3.63) is 54.6 Å². The van der Waals surface area contributed by atoms with Gasteiger partial charge in [0.15, 0.2) is 6.10 Å². The first-order chi connectivity index (χ1) is 12.6. The van der Waals surface area contributed by atoms with Crippen LogP contribution in [0.1, 0.15) is 20.3 Å². The topological polar surface area (TPSA) is 64.6 Å². The van der Waals surface area contributed by atoms with E-state index in [0.29, 0.717) is 18.0 Å². The van der Waals surface area contributed by atoms with Crippen LogP contribution in [-0.4, -0.2) is 30.3 Å². The largest absolute Gasteiger partial charge is 0.494 e. The summed E-state index contributed by atoms with van der Waals surface area (Å²) in [7, 11) is 0. The Morgan fingerprint density at radius 2 is 1.77 bits per heavy atom. The number of nitrogens with one attached hydrogen (secondary N) is 1. The first-order valence-corrected chi connectivity index (χ1v) is 9.48. The van der Waals surface area contributed by atoms with Crippen LogP contribution in [0.5, 0.6) is 5.75 Å². The average molecular weight is 373 g/mol. The van der Waals surface area contributed by atoms with Crippen molar-refractivity contribution in [3.63, 3.8) is 0 Å². The molecule has 0 saturated carbocycles. The quantitative estimate of drug-likeness (QED) is 0.529. The van der Waals surface area contributed by atoms with Gasteiger partial charge in [-0.2, -0.15) is 0 Å². The Morgan fingerprint density at radius 3 is 2.42 bits per heavy atom. The molecule has 0 aliphatic carbocycles. The molecular formula is C20H23NO4S. The molecule has 0 spiro atoms. The molecule has 0 aromatic heterocycles. The summed E-state index contributed by atoms with van der Waals surface area (Å²) in [6.45, 7) is 4.05. The summed E-state index contributed by atoms with van der Waals surface area (Å²) in [6, 6.07) is 16.9. The Labute approximate surface area is 158 Å². The zero-order valence-corrected chi connectivity index (χ0v) is 15.8. The highest BCUT2D eigenvalue weighted by molar-refractivity contribution is 7.99. The molecule has 0 aliphatic heterocycles. The van der Waals surface area contributed by atoms with Crippen molar-refractivity contribution in [1.82, 2.24) is 0 Å². The van der Waals surface area contributed by atoms with Crippen LogP contribution in [0.4, 0.5) is 5.69 Å². The van der Waals surface area contributed by atoms with Crippen molar-refractivity contribution in [1.29, 1.82) is 0 Å². The molecule has 5 nitrogen and oxygen atoms in total. The number of amides is 1. The lowest BCUT2D eigenvalue weighted by Gasteiger charge is -2.14. The molecule has 0 saturated heterocycles. The number of carbonyl (C=O) groups excluding carboxylic acids is 2. The average Bonchev–Trinajstić information content (AvgIpc) is 2.64. The van der Waals surface area contributed by atoms with Crippen molar-refractivity contribution in [2.75, 3.05) is 17.7 Å². The van der Waals surface area contributed by atoms with Gasteiger partial charge < -0.3 is 14.8 Å². The highest BCUT2D eigenvalue weighted by atomic mass is 32.2. The summed E-state index contributed by atoms with van der Waals surface area (Å²) >= 11 is 1.58. The van der Waals surface area contributed by atoms with Gasteiger partial charge in [-0.05, 0) is 50.2 Å². The Morgan fingerprint density at radius 1 is 1.08 bits per heavy atom. The molecule has 1 unspecified atom stereocenters. The number of carbonyl (C=O) groups is 2. The number of hydrogen-bond donors (Lipinski definition) is 1. The Hall–Kier alpha value is -2.47. The third-order valence-corrected chi connectivity index (χ3v) is 4.44. The van der Waals surface area contributed by atoms with Crippen LogP contribution in [0.15, 0.2) is 59.5 Å². The molecule has 0 heterocycles. The number of hydrogen-bond acceptors (Lipinski definition) is 5. The van der Waals surface area contributed by atoms with E-state index in [1.165, 1.54) is 0 Å². The van der Waals surface area contributed by atoms with E-state index in [9.17, 15) is 9.59 Å². The molecular weight excluding hydrogens is 350 g/mol. The zero-order chi connectivity index (χ0) is 18.8. The number of anilines is 1. The van der Waals surface area contributed by atoms with Crippen LogP contribution in [0.3, 0.4) is 0 Å². The second-order valence-corrected chi connectivity index (χ2v) is 6.66. The maximum atomic E-state index is 12.1. The third-order valence-electron chi connectivity index (χ3n) is 3.43. The predicted molar refractivity (Wildman–Crippen MR) is 104 cm³/mol. The van der Waals surface area contributed by atoms with Crippen molar-refractivity contribution in [2.45, 2.75) is 31.3 Å². The molecule has 1 atom stereocenters. The standard InChI is InChI=1S/C20H23NO4S/c1-3-24-17-11-9-16(10-12-17)21-20(23)15(2)25-19(22)13-14-26-18-7-5-4-6-8-18/h4-12,15H,3,13-14H2,1-2H3,(H,21,23). The van der Waals surface area contributed by atoms with E-state index in [1.807, 2.05) is 37.3 Å². The van der Waals surface area contributed by atoms with Gasteiger partial charge >= 0.3 is 5.97 Å². The maximum Gasteiger partial charge on any atom is 0.307 e. The van der Waals surface area contributed by atoms with E-state index >= 15 is 0 Å². The fourth-order valence-corrected chi connectivity index (χ4v) is 2.98. The van der Waals surface area contributed by atoms with E-state index < -0.39 is 6.10 Å². The molecule has 0 radical (unpaired) electrons. The maximum absolute atomic E-state index is 12.1. The monoisotopic (exact) mass is 373 g/mol. The molecule has 138 valence electrons. The van der Waals surface area contributed by atoms with E-state index in [-0.39, 0.29) is 18.3 Å². The van der Waals surface area contributed by atoms with Crippen LogP contribution >= 0.6 is 11.8 Å². The zero-order valence-electron chi connectivity index (χ0n) is 14.9. The second-order valence-electron chi connectivity index (χ2n) is 5.49. The van der Waals surface area contributed by atoms with E-state index in [4.69, 9.17) is 9.47 Å². The smallest absolute Gasteiger partial charge is 0.307 e. The van der Waals surface area contributed by atoms with Crippen molar-refractivity contribution in [2.24, 2.45) is 0 Å². The van der Waals surface area contributed by atoms with Crippen molar-refractivity contribution in [3.8, 4) is 5.75 Å². The summed E-state index contributed by atoms with van der Waals surface area (Å²) in [4.78, 5) is 25.1. The number of rotatable bonds is 9. The molecule has 0 aliphatic rings. The molecule has 2 aromatic carbocycles. The summed E-state index contributed by atoms with van der Waals surface area (Å²) in [5.74, 6) is 0.595. The van der Waals surface area contributed by atoms with E-state index in [0.717, 1.165) is 10.6 Å². The highest BCUT2D eigenvalue weighted by Gasteiger charge is 2.17.